The van der Waals surface area contributed by atoms with Gasteiger partial charge in [-0.25, -0.2) is 4.79 Å². The number of methoxy groups -OCH3 is 2. The van der Waals surface area contributed by atoms with E-state index in [-0.39, 0.29) is 5.56 Å². The van der Waals surface area contributed by atoms with Gasteiger partial charge in [0.15, 0.2) is 5.43 Å². The molecule has 1 aliphatic heterocycles. The minimum atomic E-state index is -0.725. The predicted octanol–water partition coefficient (Wildman–Crippen LogP) is 5.02. The molecule has 0 unspecified atom stereocenters. The second-order valence-corrected chi connectivity index (χ2v) is 9.08. The minimum Gasteiger partial charge on any atom is -0.492 e. The molecule has 0 radical (unpaired) electrons. The average Bonchev–Trinajstić information content (AvgIpc) is 3.22. The van der Waals surface area contributed by atoms with E-state index in [0.717, 1.165) is 4.88 Å². The van der Waals surface area contributed by atoms with Crippen LogP contribution in [0.15, 0.2) is 41.3 Å². The van der Waals surface area contributed by atoms with E-state index in [4.69, 9.17) is 42.1 Å². The first kappa shape index (κ1) is 22.7. The summed E-state index contributed by atoms with van der Waals surface area (Å²) >= 11 is 13.9. The summed E-state index contributed by atoms with van der Waals surface area (Å²) < 4.78 is 24.2. The first-order chi connectivity index (χ1) is 15.4. The molecule has 32 heavy (non-hydrogen) atoms. The normalized spacial score (nSPS) is 14.3. The molecule has 2 aromatic heterocycles. The van der Waals surface area contributed by atoms with Crippen molar-refractivity contribution in [2.45, 2.75) is 12.6 Å². The lowest BCUT2D eigenvalue weighted by Gasteiger charge is -2.31. The van der Waals surface area contributed by atoms with Crippen molar-refractivity contribution in [1.82, 2.24) is 4.57 Å². The van der Waals surface area contributed by atoms with E-state index in [9.17, 15) is 9.59 Å². The van der Waals surface area contributed by atoms with E-state index in [0.29, 0.717) is 51.7 Å². The Hall–Kier alpha value is -2.52. The van der Waals surface area contributed by atoms with E-state index in [1.54, 1.807) is 29.9 Å². The van der Waals surface area contributed by atoms with Crippen LogP contribution >= 0.6 is 34.5 Å². The van der Waals surface area contributed by atoms with E-state index in [1.165, 1.54) is 30.7 Å². The van der Waals surface area contributed by atoms with Crippen LogP contribution in [0.5, 0.6) is 11.5 Å². The smallest absolute Gasteiger partial charge is 0.343 e. The molecule has 10 heteroatoms. The summed E-state index contributed by atoms with van der Waals surface area (Å²) in [6.45, 7) is 0.994. The molecule has 0 bridgehead atoms. The summed E-state index contributed by atoms with van der Waals surface area (Å²) in [7, 11) is 2.85. The van der Waals surface area contributed by atoms with Crippen LogP contribution in [0.25, 0.3) is 11.3 Å². The number of esters is 1. The first-order valence-electron chi connectivity index (χ1n) is 9.65. The third kappa shape index (κ3) is 4.36. The van der Waals surface area contributed by atoms with E-state index >= 15 is 0 Å². The van der Waals surface area contributed by atoms with Gasteiger partial charge in [0.05, 0.1) is 33.6 Å². The van der Waals surface area contributed by atoms with Crippen LogP contribution in [0.2, 0.25) is 9.36 Å². The number of carbonyl (C=O) groups is 1. The topological polar surface area (TPSA) is 76.0 Å². The number of hydrogen-bond acceptors (Lipinski definition) is 7. The fourth-order valence-corrected chi connectivity index (χ4v) is 4.69. The Kier molecular flexibility index (Phi) is 6.76. The maximum absolute atomic E-state index is 12.7. The fraction of sp³-hybridized carbons (Fsp3) is 0.273. The Morgan fingerprint density at radius 3 is 2.69 bits per heavy atom. The number of thiophene rings is 1. The number of pyridine rings is 1. The van der Waals surface area contributed by atoms with Crippen LogP contribution in [-0.2, 0) is 9.47 Å². The highest BCUT2D eigenvalue weighted by Gasteiger charge is 2.30. The van der Waals surface area contributed by atoms with Gasteiger partial charge in [-0.2, -0.15) is 0 Å². The third-order valence-corrected chi connectivity index (χ3v) is 6.43. The summed E-state index contributed by atoms with van der Waals surface area (Å²) in [6.07, 6.45) is 1.49. The van der Waals surface area contributed by atoms with Gasteiger partial charge in [-0.05, 0) is 18.2 Å². The molecule has 3 aromatic rings. The third-order valence-electron chi connectivity index (χ3n) is 4.87. The standard InChI is InChI=1S/C22H19Cl2NO6S/c1-28-6-3-7-30-18-10-17-12(8-14(18)23)15-9-16(26)13(22(27)29-2)11-25(15)21(31-17)19-4-5-20(24)32-19/h4-5,8-11,21H,3,6-7H2,1-2H3/t21-/m0/s1. The molecule has 4 rings (SSSR count). The summed E-state index contributed by atoms with van der Waals surface area (Å²) in [4.78, 5) is 25.6. The number of halogens is 2. The van der Waals surface area contributed by atoms with Gasteiger partial charge >= 0.3 is 5.97 Å². The molecule has 3 heterocycles. The number of rotatable bonds is 7. The Morgan fingerprint density at radius 2 is 2.00 bits per heavy atom. The van der Waals surface area contributed by atoms with Crippen molar-refractivity contribution < 1.29 is 23.7 Å². The van der Waals surface area contributed by atoms with E-state index in [1.807, 2.05) is 6.07 Å². The highest BCUT2D eigenvalue weighted by atomic mass is 35.5. The number of benzene rings is 1. The summed E-state index contributed by atoms with van der Waals surface area (Å²) in [5, 5.41) is 0.374. The van der Waals surface area contributed by atoms with E-state index in [2.05, 4.69) is 0 Å². The molecule has 0 amide bonds. The lowest BCUT2D eigenvalue weighted by atomic mass is 10.1. The van der Waals surface area contributed by atoms with Crippen molar-refractivity contribution in [2.75, 3.05) is 27.4 Å². The van der Waals surface area contributed by atoms with Crippen LogP contribution in [0.1, 0.15) is 27.9 Å². The van der Waals surface area contributed by atoms with Crippen LogP contribution in [0, 0.1) is 0 Å². The monoisotopic (exact) mass is 495 g/mol. The SMILES string of the molecule is COCCCOc1cc2c(cc1Cl)-c1cc(=O)c(C(=O)OC)cn1[C@H](c1ccc(Cl)s1)O2. The Balaban J connectivity index is 1.83. The molecular formula is C22H19Cl2NO6S. The van der Waals surface area contributed by atoms with Crippen LogP contribution in [0.3, 0.4) is 0 Å². The Morgan fingerprint density at radius 1 is 1.19 bits per heavy atom. The predicted molar refractivity (Wildman–Crippen MR) is 123 cm³/mol. The van der Waals surface area contributed by atoms with Gasteiger partial charge in [-0.3, -0.25) is 4.79 Å². The van der Waals surface area contributed by atoms with Crippen molar-refractivity contribution in [3.63, 3.8) is 0 Å². The molecular weight excluding hydrogens is 477 g/mol. The zero-order valence-electron chi connectivity index (χ0n) is 17.2. The molecule has 0 saturated heterocycles. The van der Waals surface area contributed by atoms with Crippen LogP contribution in [0.4, 0.5) is 0 Å². The number of aromatic nitrogens is 1. The maximum atomic E-state index is 12.7. The molecule has 0 saturated carbocycles. The summed E-state index contributed by atoms with van der Waals surface area (Å²) in [5.74, 6) is 0.235. The largest absolute Gasteiger partial charge is 0.492 e. The lowest BCUT2D eigenvalue weighted by Crippen LogP contribution is -2.27. The Labute approximate surface area is 198 Å². The maximum Gasteiger partial charge on any atom is 0.343 e. The van der Waals surface area contributed by atoms with Gasteiger partial charge < -0.3 is 23.5 Å². The quantitative estimate of drug-likeness (QED) is 0.338. The zero-order valence-corrected chi connectivity index (χ0v) is 19.6. The average molecular weight is 496 g/mol. The molecule has 0 fully saturated rings. The molecule has 0 spiro atoms. The molecule has 0 N–H and O–H groups in total. The summed E-state index contributed by atoms with van der Waals surface area (Å²) in [5.41, 5.74) is 0.591. The van der Waals surface area contributed by atoms with E-state index < -0.39 is 17.6 Å². The van der Waals surface area contributed by atoms with Gasteiger partial charge in [0.25, 0.3) is 0 Å². The summed E-state index contributed by atoms with van der Waals surface area (Å²) in [6, 6.07) is 8.36. The number of nitrogens with zero attached hydrogens (tertiary/aromatic N) is 1. The molecule has 168 valence electrons. The number of hydrogen-bond donors (Lipinski definition) is 0. The minimum absolute atomic E-state index is 0.0971. The van der Waals surface area contributed by atoms with Gasteiger partial charge in [0, 0.05) is 44.0 Å². The van der Waals surface area contributed by atoms with Crippen LogP contribution in [-0.4, -0.2) is 38.0 Å². The fourth-order valence-electron chi connectivity index (χ4n) is 3.38. The Bertz CT molecular complexity index is 1220. The van der Waals surface area contributed by atoms with Crippen molar-refractivity contribution in [2.24, 2.45) is 0 Å². The van der Waals surface area contributed by atoms with Crippen LogP contribution < -0.4 is 14.9 Å². The molecule has 1 aliphatic rings. The highest BCUT2D eigenvalue weighted by Crippen LogP contribution is 2.45. The van der Waals surface area contributed by atoms with Crippen molar-refractivity contribution in [3.05, 3.63) is 66.6 Å². The van der Waals surface area contributed by atoms with Gasteiger partial charge in [-0.15, -0.1) is 11.3 Å². The molecule has 1 atom stereocenters. The number of ether oxygens (including phenoxy) is 4. The van der Waals surface area contributed by atoms with Gasteiger partial charge in [0.2, 0.25) is 6.23 Å². The highest BCUT2D eigenvalue weighted by molar-refractivity contribution is 7.16. The van der Waals surface area contributed by atoms with Crippen molar-refractivity contribution >= 4 is 40.5 Å². The van der Waals surface area contributed by atoms with Gasteiger partial charge in [0.1, 0.15) is 17.1 Å². The second kappa shape index (κ2) is 9.54. The molecule has 1 aromatic carbocycles. The number of carbonyl (C=O) groups excluding carboxylic acids is 1. The lowest BCUT2D eigenvalue weighted by molar-refractivity contribution is 0.0597. The van der Waals surface area contributed by atoms with Gasteiger partial charge in [-0.1, -0.05) is 23.2 Å². The molecule has 0 aliphatic carbocycles. The molecule has 7 nitrogen and oxygen atoms in total. The zero-order chi connectivity index (χ0) is 22.8. The van der Waals surface area contributed by atoms with Crippen molar-refractivity contribution in [1.29, 1.82) is 0 Å². The number of fused-ring (bicyclic) bond motifs is 3. The second-order valence-electron chi connectivity index (χ2n) is 6.92. The first-order valence-corrected chi connectivity index (χ1v) is 11.2. The van der Waals surface area contributed by atoms with Crippen molar-refractivity contribution in [3.8, 4) is 22.8 Å².